The summed E-state index contributed by atoms with van der Waals surface area (Å²) in [5, 5.41) is 5.40. The Morgan fingerprint density at radius 1 is 1.26 bits per heavy atom. The first kappa shape index (κ1) is 22.3. The van der Waals surface area contributed by atoms with Gasteiger partial charge in [-0.3, -0.25) is 4.79 Å². The van der Waals surface area contributed by atoms with E-state index in [0.29, 0.717) is 51.2 Å². The molecular formula is C26H23ClFN3O3. The molecular weight excluding hydrogens is 457 g/mol. The lowest BCUT2D eigenvalue weighted by Crippen LogP contribution is -2.15. The van der Waals surface area contributed by atoms with Crippen LogP contribution in [0.2, 0.25) is 5.02 Å². The van der Waals surface area contributed by atoms with Crippen LogP contribution in [0.5, 0.6) is 5.75 Å². The van der Waals surface area contributed by atoms with Gasteiger partial charge in [0.25, 0.3) is 0 Å². The fourth-order valence-corrected chi connectivity index (χ4v) is 4.74. The smallest absolute Gasteiger partial charge is 0.310 e. The van der Waals surface area contributed by atoms with Gasteiger partial charge in [-0.05, 0) is 50.5 Å². The highest BCUT2D eigenvalue weighted by atomic mass is 35.5. The van der Waals surface area contributed by atoms with Crippen LogP contribution >= 0.6 is 11.6 Å². The van der Waals surface area contributed by atoms with Crippen LogP contribution in [0.4, 0.5) is 4.39 Å². The summed E-state index contributed by atoms with van der Waals surface area (Å²) in [5.41, 5.74) is 6.39. The van der Waals surface area contributed by atoms with E-state index in [1.807, 2.05) is 38.1 Å². The largest absolute Gasteiger partial charge is 0.490 e. The SMILES string of the molecule is COC(=O)Cc1c(C)nc2cc(-c3cccc(Cl)c3)nn2c1-c1cc(F)c2c(c1C)CCCO2. The molecule has 0 saturated heterocycles. The molecule has 8 heteroatoms. The van der Waals surface area contributed by atoms with Crippen molar-refractivity contribution in [1.29, 1.82) is 0 Å². The van der Waals surface area contributed by atoms with Gasteiger partial charge in [0.15, 0.2) is 17.2 Å². The van der Waals surface area contributed by atoms with E-state index in [-0.39, 0.29) is 6.42 Å². The van der Waals surface area contributed by atoms with Crippen molar-refractivity contribution >= 4 is 23.2 Å². The predicted octanol–water partition coefficient (Wildman–Crippen LogP) is 5.51. The van der Waals surface area contributed by atoms with Crippen molar-refractivity contribution in [3.05, 3.63) is 69.6 Å². The minimum absolute atomic E-state index is 0.0123. The lowest BCUT2D eigenvalue weighted by atomic mass is 9.91. The summed E-state index contributed by atoms with van der Waals surface area (Å²) in [6.07, 6.45) is 1.52. The highest BCUT2D eigenvalue weighted by Gasteiger charge is 2.26. The topological polar surface area (TPSA) is 65.7 Å². The van der Waals surface area contributed by atoms with Crippen LogP contribution in [-0.4, -0.2) is 34.3 Å². The molecule has 0 N–H and O–H groups in total. The van der Waals surface area contributed by atoms with E-state index in [4.69, 9.17) is 31.2 Å². The van der Waals surface area contributed by atoms with Gasteiger partial charge in [0.05, 0.1) is 31.5 Å². The molecule has 0 saturated carbocycles. The highest BCUT2D eigenvalue weighted by Crippen LogP contribution is 2.39. The molecule has 0 aliphatic carbocycles. The summed E-state index contributed by atoms with van der Waals surface area (Å²) in [6.45, 7) is 4.28. The first-order valence-corrected chi connectivity index (χ1v) is 11.4. The summed E-state index contributed by atoms with van der Waals surface area (Å²) in [4.78, 5) is 17.0. The molecule has 0 atom stereocenters. The van der Waals surface area contributed by atoms with Gasteiger partial charge in [-0.15, -0.1) is 0 Å². The van der Waals surface area contributed by atoms with Crippen molar-refractivity contribution in [2.24, 2.45) is 0 Å². The van der Waals surface area contributed by atoms with Gasteiger partial charge >= 0.3 is 5.97 Å². The summed E-state index contributed by atoms with van der Waals surface area (Å²) in [6, 6.07) is 10.7. The molecule has 0 radical (unpaired) electrons. The Bertz CT molecular complexity index is 1450. The summed E-state index contributed by atoms with van der Waals surface area (Å²) < 4.78 is 27.4. The number of benzene rings is 2. The van der Waals surface area contributed by atoms with Gasteiger partial charge < -0.3 is 9.47 Å². The Hall–Kier alpha value is -3.45. The Kier molecular flexibility index (Phi) is 5.73. The van der Waals surface area contributed by atoms with Gasteiger partial charge in [-0.1, -0.05) is 23.7 Å². The van der Waals surface area contributed by atoms with Crippen molar-refractivity contribution in [2.75, 3.05) is 13.7 Å². The van der Waals surface area contributed by atoms with Crippen molar-refractivity contribution in [2.45, 2.75) is 33.1 Å². The zero-order chi connectivity index (χ0) is 24.0. The number of rotatable bonds is 4. The van der Waals surface area contributed by atoms with Crippen LogP contribution in [0.25, 0.3) is 28.2 Å². The van der Waals surface area contributed by atoms with Gasteiger partial charge in [0, 0.05) is 39.0 Å². The standard InChI is InChI=1S/C26H23ClFN3O3/c1-14-18-8-5-9-34-26(18)21(28)11-19(14)25-20(12-24(32)33-3)15(2)29-23-13-22(30-31(23)25)16-6-4-7-17(27)10-16/h4,6-7,10-11,13H,5,8-9,12H2,1-3H3. The van der Waals surface area contributed by atoms with Crippen LogP contribution in [0.3, 0.4) is 0 Å². The second-order valence-electron chi connectivity index (χ2n) is 8.38. The van der Waals surface area contributed by atoms with Gasteiger partial charge in [-0.2, -0.15) is 5.10 Å². The molecule has 1 aliphatic heterocycles. The number of carbonyl (C=O) groups excluding carboxylic acids is 1. The molecule has 0 unspecified atom stereocenters. The summed E-state index contributed by atoms with van der Waals surface area (Å²) >= 11 is 6.19. The maximum atomic E-state index is 15.2. The van der Waals surface area contributed by atoms with Crippen LogP contribution < -0.4 is 4.74 Å². The third kappa shape index (κ3) is 3.80. The summed E-state index contributed by atoms with van der Waals surface area (Å²) in [5.74, 6) is -0.527. The van der Waals surface area contributed by atoms with Crippen LogP contribution in [-0.2, 0) is 22.4 Å². The van der Waals surface area contributed by atoms with Crippen molar-refractivity contribution in [3.63, 3.8) is 0 Å². The second-order valence-corrected chi connectivity index (χ2v) is 8.81. The van der Waals surface area contributed by atoms with Crippen LogP contribution in [0.1, 0.15) is 28.8 Å². The fourth-order valence-electron chi connectivity index (χ4n) is 4.55. The molecule has 0 fully saturated rings. The lowest BCUT2D eigenvalue weighted by Gasteiger charge is -2.23. The normalized spacial score (nSPS) is 13.0. The first-order chi connectivity index (χ1) is 16.4. The Balaban J connectivity index is 1.82. The van der Waals surface area contributed by atoms with Crippen LogP contribution in [0.15, 0.2) is 36.4 Å². The third-order valence-corrected chi connectivity index (χ3v) is 6.50. The number of halogens is 2. The zero-order valence-corrected chi connectivity index (χ0v) is 19.9. The minimum Gasteiger partial charge on any atom is -0.490 e. The van der Waals surface area contributed by atoms with Gasteiger partial charge in [0.2, 0.25) is 0 Å². The number of aromatic nitrogens is 3. The molecule has 34 heavy (non-hydrogen) atoms. The molecule has 174 valence electrons. The van der Waals surface area contributed by atoms with E-state index in [0.717, 1.165) is 29.5 Å². The molecule has 3 heterocycles. The molecule has 1 aliphatic rings. The molecule has 6 nitrogen and oxygen atoms in total. The number of esters is 1. The average Bonchev–Trinajstić information content (AvgIpc) is 3.25. The van der Waals surface area contributed by atoms with Gasteiger partial charge in [-0.25, -0.2) is 13.9 Å². The lowest BCUT2D eigenvalue weighted by molar-refractivity contribution is -0.139. The van der Waals surface area contributed by atoms with E-state index in [2.05, 4.69) is 0 Å². The molecule has 0 bridgehead atoms. The molecule has 2 aromatic heterocycles. The number of nitrogens with zero attached hydrogens (tertiary/aromatic N) is 3. The maximum absolute atomic E-state index is 15.2. The van der Waals surface area contributed by atoms with Crippen molar-refractivity contribution < 1.29 is 18.7 Å². The quantitative estimate of drug-likeness (QED) is 0.361. The zero-order valence-electron chi connectivity index (χ0n) is 19.1. The number of ether oxygens (including phenoxy) is 2. The van der Waals surface area contributed by atoms with E-state index < -0.39 is 11.8 Å². The molecule has 4 aromatic rings. The average molecular weight is 480 g/mol. The number of methoxy groups -OCH3 is 1. The van der Waals surface area contributed by atoms with Crippen molar-refractivity contribution in [3.8, 4) is 28.3 Å². The Morgan fingerprint density at radius 2 is 2.09 bits per heavy atom. The molecule has 5 rings (SSSR count). The number of hydrogen-bond donors (Lipinski definition) is 0. The van der Waals surface area contributed by atoms with Crippen molar-refractivity contribution in [1.82, 2.24) is 14.6 Å². The monoisotopic (exact) mass is 479 g/mol. The number of aryl methyl sites for hydroxylation is 1. The maximum Gasteiger partial charge on any atom is 0.310 e. The van der Waals surface area contributed by atoms with Gasteiger partial charge in [0.1, 0.15) is 0 Å². The van der Waals surface area contributed by atoms with E-state index in [1.54, 1.807) is 10.6 Å². The Labute approximate surface area is 201 Å². The number of carbonyl (C=O) groups is 1. The third-order valence-electron chi connectivity index (χ3n) is 6.27. The van der Waals surface area contributed by atoms with E-state index in [9.17, 15) is 4.79 Å². The molecule has 0 amide bonds. The highest BCUT2D eigenvalue weighted by molar-refractivity contribution is 6.30. The molecule has 0 spiro atoms. The van der Waals surface area contributed by atoms with E-state index in [1.165, 1.54) is 13.2 Å². The predicted molar refractivity (Wildman–Crippen MR) is 128 cm³/mol. The molecule has 2 aromatic carbocycles. The minimum atomic E-state index is -0.427. The second kappa shape index (κ2) is 8.72. The fraction of sp³-hybridized carbons (Fsp3) is 0.269. The first-order valence-electron chi connectivity index (χ1n) is 11.0. The van der Waals surface area contributed by atoms with Crippen LogP contribution in [0, 0.1) is 19.7 Å². The Morgan fingerprint density at radius 3 is 2.85 bits per heavy atom. The van der Waals surface area contributed by atoms with E-state index >= 15 is 4.39 Å². The number of hydrogen-bond acceptors (Lipinski definition) is 5. The number of fused-ring (bicyclic) bond motifs is 2. The summed E-state index contributed by atoms with van der Waals surface area (Å²) in [7, 11) is 1.34.